The normalized spacial score (nSPS) is 23.7. The van der Waals surface area contributed by atoms with Crippen LogP contribution < -0.4 is 0 Å². The van der Waals surface area contributed by atoms with E-state index < -0.39 is 18.7 Å². The van der Waals surface area contributed by atoms with Gasteiger partial charge in [0.25, 0.3) is 0 Å². The lowest BCUT2D eigenvalue weighted by molar-refractivity contribution is -0.146. The highest BCUT2D eigenvalue weighted by Gasteiger charge is 2.34. The average molecular weight is 260 g/mol. The van der Waals surface area contributed by atoms with Crippen LogP contribution in [0.2, 0.25) is 0 Å². The van der Waals surface area contributed by atoms with Crippen LogP contribution in [0.15, 0.2) is 0 Å². The van der Waals surface area contributed by atoms with E-state index in [-0.39, 0.29) is 25.1 Å². The average Bonchev–Trinajstić information content (AvgIpc) is 2.57. The first-order valence-electron chi connectivity index (χ1n) is 5.82. The number of hydrogen-bond donors (Lipinski definition) is 2. The SMILES string of the molecule is CN(C)CC1CC(O)CN1C(=O)COCC(=O)O. The van der Waals surface area contributed by atoms with E-state index in [4.69, 9.17) is 9.84 Å². The van der Waals surface area contributed by atoms with Crippen LogP contribution in [0, 0.1) is 0 Å². The summed E-state index contributed by atoms with van der Waals surface area (Å²) in [5, 5.41) is 18.0. The number of carboxylic acid groups (broad SMARTS) is 1. The predicted molar refractivity (Wildman–Crippen MR) is 63.1 cm³/mol. The number of nitrogens with zero attached hydrogens (tertiary/aromatic N) is 2. The standard InChI is InChI=1S/C11H20N2O5/c1-12(2)4-8-3-9(14)5-13(8)10(15)6-18-7-11(16)17/h8-9,14H,3-7H2,1-2H3,(H,16,17). The fourth-order valence-electron chi connectivity index (χ4n) is 2.10. The topological polar surface area (TPSA) is 90.3 Å². The van der Waals surface area contributed by atoms with Crippen LogP contribution in [0.3, 0.4) is 0 Å². The van der Waals surface area contributed by atoms with Gasteiger partial charge in [-0.1, -0.05) is 0 Å². The monoisotopic (exact) mass is 260 g/mol. The van der Waals surface area contributed by atoms with Crippen molar-refractivity contribution >= 4 is 11.9 Å². The molecule has 2 unspecified atom stereocenters. The Morgan fingerprint density at radius 3 is 2.61 bits per heavy atom. The number of hydrogen-bond acceptors (Lipinski definition) is 5. The smallest absolute Gasteiger partial charge is 0.329 e. The molecule has 0 aliphatic carbocycles. The first-order valence-corrected chi connectivity index (χ1v) is 5.82. The molecule has 1 rings (SSSR count). The van der Waals surface area contributed by atoms with Gasteiger partial charge in [-0.3, -0.25) is 4.79 Å². The molecule has 1 amide bonds. The third-order valence-electron chi connectivity index (χ3n) is 2.74. The van der Waals surface area contributed by atoms with Crippen molar-refractivity contribution in [3.05, 3.63) is 0 Å². The number of aliphatic hydroxyl groups excluding tert-OH is 1. The first-order chi connectivity index (χ1) is 8.40. The molecule has 1 fully saturated rings. The molecule has 1 aliphatic heterocycles. The van der Waals surface area contributed by atoms with E-state index in [1.165, 1.54) is 0 Å². The zero-order chi connectivity index (χ0) is 13.7. The Balaban J connectivity index is 2.46. The molecule has 0 bridgehead atoms. The Labute approximate surface area is 106 Å². The summed E-state index contributed by atoms with van der Waals surface area (Å²) in [5.74, 6) is -1.38. The highest BCUT2D eigenvalue weighted by molar-refractivity contribution is 5.78. The van der Waals surface area contributed by atoms with Gasteiger partial charge in [-0.15, -0.1) is 0 Å². The number of β-amino-alcohol motifs (C(OH)–C–C–N with tert-alkyl or cyclic N) is 1. The summed E-state index contributed by atoms with van der Waals surface area (Å²) < 4.78 is 4.77. The Morgan fingerprint density at radius 1 is 1.39 bits per heavy atom. The van der Waals surface area contributed by atoms with Crippen molar-refractivity contribution < 1.29 is 24.5 Å². The molecule has 0 aromatic carbocycles. The van der Waals surface area contributed by atoms with Crippen molar-refractivity contribution in [1.82, 2.24) is 9.80 Å². The number of likely N-dealkylation sites (N-methyl/N-ethyl adjacent to an activating group) is 1. The maximum absolute atomic E-state index is 11.8. The molecule has 104 valence electrons. The third-order valence-corrected chi connectivity index (χ3v) is 2.74. The molecule has 0 aromatic heterocycles. The lowest BCUT2D eigenvalue weighted by Crippen LogP contribution is -2.43. The van der Waals surface area contributed by atoms with Crippen LogP contribution >= 0.6 is 0 Å². The number of aliphatic hydroxyl groups is 1. The van der Waals surface area contributed by atoms with E-state index in [0.717, 1.165) is 0 Å². The quantitative estimate of drug-likeness (QED) is 0.611. The van der Waals surface area contributed by atoms with Gasteiger partial charge in [-0.05, 0) is 20.5 Å². The molecule has 1 heterocycles. The number of likely N-dealkylation sites (tertiary alicyclic amines) is 1. The van der Waals surface area contributed by atoms with Crippen molar-refractivity contribution in [2.75, 3.05) is 40.4 Å². The Hall–Kier alpha value is -1.18. The summed E-state index contributed by atoms with van der Waals surface area (Å²) in [6, 6.07) is -0.0454. The van der Waals surface area contributed by atoms with Crippen molar-refractivity contribution in [3.63, 3.8) is 0 Å². The largest absolute Gasteiger partial charge is 0.480 e. The van der Waals surface area contributed by atoms with Gasteiger partial charge in [0.1, 0.15) is 13.2 Å². The molecular weight excluding hydrogens is 240 g/mol. The Bertz CT molecular complexity index is 308. The Morgan fingerprint density at radius 2 is 2.06 bits per heavy atom. The summed E-state index contributed by atoms with van der Waals surface area (Å²) in [7, 11) is 3.79. The van der Waals surface area contributed by atoms with Crippen molar-refractivity contribution in [2.24, 2.45) is 0 Å². The van der Waals surface area contributed by atoms with Gasteiger partial charge in [0.2, 0.25) is 5.91 Å². The van der Waals surface area contributed by atoms with Crippen molar-refractivity contribution in [1.29, 1.82) is 0 Å². The number of carbonyl (C=O) groups is 2. The molecule has 1 aliphatic rings. The highest BCUT2D eigenvalue weighted by Crippen LogP contribution is 2.18. The van der Waals surface area contributed by atoms with Crippen LogP contribution in [0.5, 0.6) is 0 Å². The van der Waals surface area contributed by atoms with E-state index in [9.17, 15) is 14.7 Å². The second kappa shape index (κ2) is 6.67. The summed E-state index contributed by atoms with van der Waals surface area (Å²) in [4.78, 5) is 25.6. The van der Waals surface area contributed by atoms with Gasteiger partial charge in [0.05, 0.1) is 6.10 Å². The molecule has 2 atom stereocenters. The molecule has 0 aromatic rings. The number of carbonyl (C=O) groups excluding carboxylic acids is 1. The second-order valence-corrected chi connectivity index (χ2v) is 4.74. The number of aliphatic carboxylic acids is 1. The number of amides is 1. The van der Waals surface area contributed by atoms with E-state index in [1.807, 2.05) is 19.0 Å². The molecule has 18 heavy (non-hydrogen) atoms. The fraction of sp³-hybridized carbons (Fsp3) is 0.818. The fourth-order valence-corrected chi connectivity index (χ4v) is 2.10. The molecule has 2 N–H and O–H groups in total. The van der Waals surface area contributed by atoms with Crippen LogP contribution in [0.1, 0.15) is 6.42 Å². The van der Waals surface area contributed by atoms with Crippen LogP contribution in [0.25, 0.3) is 0 Å². The zero-order valence-corrected chi connectivity index (χ0v) is 10.7. The van der Waals surface area contributed by atoms with E-state index >= 15 is 0 Å². The minimum Gasteiger partial charge on any atom is -0.480 e. The molecular formula is C11H20N2O5. The van der Waals surface area contributed by atoms with Crippen LogP contribution in [-0.2, 0) is 14.3 Å². The van der Waals surface area contributed by atoms with Gasteiger partial charge in [-0.25, -0.2) is 4.79 Å². The predicted octanol–water partition coefficient (Wildman–Crippen LogP) is -1.39. The molecule has 1 saturated heterocycles. The van der Waals surface area contributed by atoms with Crippen LogP contribution in [0.4, 0.5) is 0 Å². The summed E-state index contributed by atoms with van der Waals surface area (Å²) >= 11 is 0. The van der Waals surface area contributed by atoms with Gasteiger partial charge >= 0.3 is 5.97 Å². The number of ether oxygens (including phenoxy) is 1. The number of carboxylic acids is 1. The maximum atomic E-state index is 11.8. The molecule has 0 spiro atoms. The van der Waals surface area contributed by atoms with Gasteiger partial charge in [0, 0.05) is 19.1 Å². The minimum atomic E-state index is -1.10. The van der Waals surface area contributed by atoms with E-state index in [2.05, 4.69) is 0 Å². The highest BCUT2D eigenvalue weighted by atomic mass is 16.5. The maximum Gasteiger partial charge on any atom is 0.329 e. The minimum absolute atomic E-state index is 0.0454. The van der Waals surface area contributed by atoms with Crippen molar-refractivity contribution in [3.8, 4) is 0 Å². The third kappa shape index (κ3) is 4.59. The molecule has 7 nitrogen and oxygen atoms in total. The van der Waals surface area contributed by atoms with Crippen molar-refractivity contribution in [2.45, 2.75) is 18.6 Å². The summed E-state index contributed by atoms with van der Waals surface area (Å²) in [5.41, 5.74) is 0. The summed E-state index contributed by atoms with van der Waals surface area (Å²) in [6.45, 7) is 0.207. The van der Waals surface area contributed by atoms with E-state index in [1.54, 1.807) is 4.90 Å². The Kier molecular flexibility index (Phi) is 5.52. The lowest BCUT2D eigenvalue weighted by atomic mass is 10.2. The lowest BCUT2D eigenvalue weighted by Gasteiger charge is -2.26. The molecule has 0 radical (unpaired) electrons. The van der Waals surface area contributed by atoms with E-state index in [0.29, 0.717) is 13.0 Å². The zero-order valence-electron chi connectivity index (χ0n) is 10.7. The summed E-state index contributed by atoms with van der Waals surface area (Å²) in [6.07, 6.45) is 0.0291. The van der Waals surface area contributed by atoms with Gasteiger partial charge in [-0.2, -0.15) is 0 Å². The molecule has 0 saturated carbocycles. The number of rotatable bonds is 6. The molecule has 7 heteroatoms. The van der Waals surface area contributed by atoms with Gasteiger partial charge in [0.15, 0.2) is 0 Å². The second-order valence-electron chi connectivity index (χ2n) is 4.74. The van der Waals surface area contributed by atoms with Gasteiger partial charge < -0.3 is 24.7 Å². The first kappa shape index (κ1) is 14.9. The van der Waals surface area contributed by atoms with Crippen LogP contribution in [-0.4, -0.2) is 84.4 Å².